The fourth-order valence-electron chi connectivity index (χ4n) is 2.22. The number of carboxylic acid groups (broad SMARTS) is 1. The number of ether oxygens (including phenoxy) is 1. The number of nitrogens with zero attached hydrogens (tertiary/aromatic N) is 3. The summed E-state index contributed by atoms with van der Waals surface area (Å²) in [5.41, 5.74) is 2.92. The number of esters is 1. The average Bonchev–Trinajstić information content (AvgIpc) is 3.07. The second-order valence-electron chi connectivity index (χ2n) is 6.45. The minimum absolute atomic E-state index is 0. The van der Waals surface area contributed by atoms with Crippen molar-refractivity contribution < 1.29 is 46.8 Å². The summed E-state index contributed by atoms with van der Waals surface area (Å²) in [5, 5.41) is 16.0. The van der Waals surface area contributed by atoms with E-state index in [1.165, 1.54) is 5.38 Å². The third-order valence-electron chi connectivity index (χ3n) is 3.89. The van der Waals surface area contributed by atoms with Gasteiger partial charge >= 0.3 is 51.8 Å². The Hall–Kier alpha value is -2.31. The molecule has 2 heterocycles. The molecule has 2 rings (SSSR count). The molecule has 0 aromatic carbocycles. The molecule has 5 N–H and O–H groups in total. The molecule has 1 aliphatic heterocycles. The van der Waals surface area contributed by atoms with Gasteiger partial charge in [-0.1, -0.05) is 5.16 Å². The average molecular weight is 503 g/mol. The van der Waals surface area contributed by atoms with E-state index in [-0.39, 0.29) is 44.7 Å². The van der Waals surface area contributed by atoms with Crippen LogP contribution in [-0.2, 0) is 39.1 Å². The molecule has 2 unspecified atom stereocenters. The number of β-lactam (4-membered cyclic amide) rings is 1. The van der Waals surface area contributed by atoms with Gasteiger partial charge in [-0.3, -0.25) is 14.1 Å². The Morgan fingerprint density at radius 3 is 2.41 bits per heavy atom. The molecule has 15 nitrogen and oxygen atoms in total. The molecule has 32 heavy (non-hydrogen) atoms. The van der Waals surface area contributed by atoms with Crippen LogP contribution in [0, 0.1) is 0 Å². The Morgan fingerprint density at radius 2 is 1.97 bits per heavy atom. The van der Waals surface area contributed by atoms with Crippen molar-refractivity contribution in [2.75, 3.05) is 12.8 Å². The molecule has 0 bridgehead atoms. The number of nitrogen functional groups attached to an aromatic ring is 1. The molecule has 0 radical (unpaired) electrons. The van der Waals surface area contributed by atoms with Crippen molar-refractivity contribution in [1.82, 2.24) is 14.6 Å². The summed E-state index contributed by atoms with van der Waals surface area (Å²) in [7, 11) is -4.21. The molecule has 172 valence electrons. The van der Waals surface area contributed by atoms with Crippen molar-refractivity contribution in [2.45, 2.75) is 31.5 Å². The molecule has 2 amide bonds. The van der Waals surface area contributed by atoms with E-state index in [0.29, 0.717) is 0 Å². The third-order valence-corrected chi connectivity index (χ3v) is 5.47. The zero-order chi connectivity index (χ0) is 23.7. The van der Waals surface area contributed by atoms with Crippen LogP contribution in [0.5, 0.6) is 0 Å². The first-order valence-electron chi connectivity index (χ1n) is 8.11. The van der Waals surface area contributed by atoms with Crippen LogP contribution in [0.25, 0.3) is 0 Å². The summed E-state index contributed by atoms with van der Waals surface area (Å²) in [6, 6.07) is -3.62. The summed E-state index contributed by atoms with van der Waals surface area (Å²) in [6.07, 6.45) is 0. The summed E-state index contributed by atoms with van der Waals surface area (Å²) in [5.74, 6) is -5.14. The molecule has 0 saturated carbocycles. The van der Waals surface area contributed by atoms with Crippen LogP contribution in [0.3, 0.4) is 0 Å². The SMILES string of the molecule is COC(=O)C1C(NC(=O)/C(=N\OC(C)(C)C(=O)O)c2csc(N)n2)C(=O)N1S(=O)(=O)O.[NaH]. The van der Waals surface area contributed by atoms with E-state index in [4.69, 9.17) is 20.2 Å². The van der Waals surface area contributed by atoms with E-state index < -0.39 is 57.5 Å². The Bertz CT molecular complexity index is 1070. The van der Waals surface area contributed by atoms with Crippen LogP contribution in [0.4, 0.5) is 5.13 Å². The van der Waals surface area contributed by atoms with E-state index in [9.17, 15) is 27.6 Å². The number of oxime groups is 1. The number of nitrogens with two attached hydrogens (primary N) is 1. The molecular weight excluding hydrogens is 485 g/mol. The first-order valence-corrected chi connectivity index (χ1v) is 10.4. The van der Waals surface area contributed by atoms with Crippen molar-refractivity contribution in [2.24, 2.45) is 5.16 Å². The summed E-state index contributed by atoms with van der Waals surface area (Å²) < 4.78 is 36.0. The monoisotopic (exact) mass is 503 g/mol. The molecule has 1 aromatic rings. The summed E-state index contributed by atoms with van der Waals surface area (Å²) in [4.78, 5) is 56.6. The summed E-state index contributed by atoms with van der Waals surface area (Å²) >= 11 is 0.914. The Labute approximate surface area is 207 Å². The fraction of sp³-hybridized carbons (Fsp3) is 0.429. The number of nitrogens with one attached hydrogen (secondary N) is 1. The number of hydrogen-bond donors (Lipinski definition) is 4. The minimum atomic E-state index is -5.11. The van der Waals surface area contributed by atoms with Gasteiger partial charge in [0.2, 0.25) is 5.60 Å². The quantitative estimate of drug-likeness (QED) is 0.0711. The van der Waals surface area contributed by atoms with Gasteiger partial charge in [-0.2, -0.15) is 12.7 Å². The Kier molecular flexibility index (Phi) is 8.74. The fourth-order valence-corrected chi connectivity index (χ4v) is 3.61. The molecule has 1 aromatic heterocycles. The van der Waals surface area contributed by atoms with Crippen molar-refractivity contribution in [1.29, 1.82) is 0 Å². The van der Waals surface area contributed by atoms with Crippen molar-refractivity contribution in [3.05, 3.63) is 11.1 Å². The number of aromatic nitrogens is 1. The molecule has 1 saturated heterocycles. The van der Waals surface area contributed by atoms with Crippen molar-refractivity contribution >= 4 is 85.8 Å². The Morgan fingerprint density at radius 1 is 1.38 bits per heavy atom. The molecule has 1 fully saturated rings. The van der Waals surface area contributed by atoms with Gasteiger partial charge in [0.05, 0.1) is 7.11 Å². The van der Waals surface area contributed by atoms with Crippen LogP contribution in [0.2, 0.25) is 0 Å². The number of methoxy groups -OCH3 is 1. The number of amides is 2. The van der Waals surface area contributed by atoms with Gasteiger partial charge in [0.25, 0.3) is 11.8 Å². The molecule has 2 atom stereocenters. The number of carboxylic acids is 1. The van der Waals surface area contributed by atoms with Crippen LogP contribution in [0.15, 0.2) is 10.5 Å². The molecular formula is C14H18N5NaO10S2. The van der Waals surface area contributed by atoms with E-state index in [1.54, 1.807) is 0 Å². The number of thiazole rings is 1. The molecule has 1 aliphatic rings. The molecule has 18 heteroatoms. The van der Waals surface area contributed by atoms with Crippen molar-refractivity contribution in [3.8, 4) is 0 Å². The van der Waals surface area contributed by atoms with Gasteiger partial charge in [-0.25, -0.2) is 14.6 Å². The topological polar surface area (TPSA) is 228 Å². The van der Waals surface area contributed by atoms with Gasteiger partial charge in [-0.05, 0) is 13.8 Å². The van der Waals surface area contributed by atoms with Gasteiger partial charge < -0.3 is 25.7 Å². The van der Waals surface area contributed by atoms with E-state index in [2.05, 4.69) is 20.2 Å². The second kappa shape index (κ2) is 10.1. The Balaban J connectivity index is 0.00000512. The van der Waals surface area contributed by atoms with E-state index in [1.807, 2.05) is 0 Å². The zero-order valence-electron chi connectivity index (χ0n) is 16.1. The first-order chi connectivity index (χ1) is 14.2. The third kappa shape index (κ3) is 5.73. The summed E-state index contributed by atoms with van der Waals surface area (Å²) in [6.45, 7) is 2.30. The predicted molar refractivity (Wildman–Crippen MR) is 109 cm³/mol. The number of aliphatic carboxylic acids is 1. The number of carbonyl (C=O) groups excluding carboxylic acids is 3. The van der Waals surface area contributed by atoms with E-state index in [0.717, 1.165) is 32.3 Å². The van der Waals surface area contributed by atoms with E-state index >= 15 is 0 Å². The molecule has 0 spiro atoms. The van der Waals surface area contributed by atoms with Gasteiger partial charge in [0.1, 0.15) is 11.7 Å². The van der Waals surface area contributed by atoms with Crippen LogP contribution >= 0.6 is 11.3 Å². The number of anilines is 1. The van der Waals surface area contributed by atoms with Gasteiger partial charge in [0.15, 0.2) is 16.9 Å². The first kappa shape index (κ1) is 27.7. The number of rotatable bonds is 8. The number of carbonyl (C=O) groups is 4. The zero-order valence-corrected chi connectivity index (χ0v) is 17.8. The maximum atomic E-state index is 12.7. The van der Waals surface area contributed by atoms with Crippen LogP contribution < -0.4 is 11.1 Å². The van der Waals surface area contributed by atoms with Gasteiger partial charge in [0, 0.05) is 5.38 Å². The van der Waals surface area contributed by atoms with Crippen LogP contribution in [0.1, 0.15) is 19.5 Å². The number of hydrogen-bond acceptors (Lipinski definition) is 12. The van der Waals surface area contributed by atoms with Crippen LogP contribution in [-0.4, -0.2) is 111 Å². The standard InChI is InChI=1S/C14H17N5O10S2.Na.H/c1-14(2,12(23)24)29-18-6(5-4-30-13(15)16-5)9(20)17-7-8(11(22)28-3)19(10(7)21)31(25,26)27;;/h4,7-8H,1-3H3,(H2,15,16)(H,17,20)(H,23,24)(H,25,26,27);;/b18-6-;;. The molecule has 0 aliphatic carbocycles. The van der Waals surface area contributed by atoms with Gasteiger partial charge in [-0.15, -0.1) is 11.3 Å². The maximum absolute atomic E-state index is 12.7. The van der Waals surface area contributed by atoms with Crippen molar-refractivity contribution in [3.63, 3.8) is 0 Å². The second-order valence-corrected chi connectivity index (χ2v) is 8.63. The normalized spacial score (nSPS) is 18.8. The predicted octanol–water partition coefficient (Wildman–Crippen LogP) is -2.67.